The van der Waals surface area contributed by atoms with Gasteiger partial charge in [0.1, 0.15) is 11.4 Å². The van der Waals surface area contributed by atoms with Gasteiger partial charge in [-0.05, 0) is 80.2 Å². The number of aliphatic carboxylic acids is 1. The Morgan fingerprint density at radius 2 is 2.00 bits per heavy atom. The lowest BCUT2D eigenvalue weighted by Crippen LogP contribution is -2.54. The minimum Gasteiger partial charge on any atom is -0.486 e. The topological polar surface area (TPSA) is 46.5 Å². The van der Waals surface area contributed by atoms with Crippen LogP contribution in [0, 0.1) is 11.3 Å². The first-order chi connectivity index (χ1) is 13.1. The third-order valence-electron chi connectivity index (χ3n) is 8.07. The summed E-state index contributed by atoms with van der Waals surface area (Å²) in [4.78, 5) is 10.7. The number of carbonyl (C=O) groups is 1. The minimum atomic E-state index is -0.919. The quantitative estimate of drug-likeness (QED) is 0.524. The van der Waals surface area contributed by atoms with Crippen molar-refractivity contribution in [2.45, 2.75) is 64.9 Å². The Morgan fingerprint density at radius 1 is 1.25 bits per heavy atom. The molecule has 0 aromatic heterocycles. The number of fused-ring (bicyclic) bond motifs is 7. The van der Waals surface area contributed by atoms with Gasteiger partial charge in [0.2, 0.25) is 0 Å². The zero-order valence-corrected chi connectivity index (χ0v) is 17.5. The van der Waals surface area contributed by atoms with Crippen LogP contribution in [-0.4, -0.2) is 16.7 Å². The van der Waals surface area contributed by atoms with Gasteiger partial charge in [0.05, 0.1) is 0 Å². The fraction of sp³-hybridized carbons (Fsp3) is 0.480. The van der Waals surface area contributed by atoms with Crippen LogP contribution in [0.2, 0.25) is 0 Å². The van der Waals surface area contributed by atoms with E-state index >= 15 is 0 Å². The van der Waals surface area contributed by atoms with E-state index in [1.165, 1.54) is 36.5 Å². The van der Waals surface area contributed by atoms with Gasteiger partial charge in [-0.2, -0.15) is 0 Å². The molecule has 3 nitrogen and oxygen atoms in total. The van der Waals surface area contributed by atoms with E-state index < -0.39 is 5.97 Å². The number of hydrogen-bond donors (Lipinski definition) is 1. The normalized spacial score (nSPS) is 36.5. The lowest BCUT2D eigenvalue weighted by Gasteiger charge is -2.48. The molecule has 4 unspecified atom stereocenters. The Morgan fingerprint density at radius 3 is 2.71 bits per heavy atom. The van der Waals surface area contributed by atoms with Crippen LogP contribution >= 0.6 is 0 Å². The third-order valence-corrected chi connectivity index (χ3v) is 8.07. The first-order valence-corrected chi connectivity index (χ1v) is 10.2. The second-order valence-corrected chi connectivity index (χ2v) is 9.48. The molecule has 148 valence electrons. The summed E-state index contributed by atoms with van der Waals surface area (Å²) >= 11 is 0. The number of rotatable bonds is 4. The van der Waals surface area contributed by atoms with Gasteiger partial charge in [0, 0.05) is 17.1 Å². The van der Waals surface area contributed by atoms with Crippen LogP contribution in [0.4, 0.5) is 0 Å². The first-order valence-electron chi connectivity index (χ1n) is 10.2. The lowest BCUT2D eigenvalue weighted by molar-refractivity contribution is -0.131. The molecule has 1 aromatic rings. The Labute approximate surface area is 167 Å². The molecule has 4 atom stereocenters. The maximum atomic E-state index is 10.7. The van der Waals surface area contributed by atoms with E-state index in [1.807, 2.05) is 18.2 Å². The van der Waals surface area contributed by atoms with Crippen molar-refractivity contribution in [1.82, 2.24) is 0 Å². The maximum absolute atomic E-state index is 10.7. The van der Waals surface area contributed by atoms with Crippen molar-refractivity contribution in [2.75, 3.05) is 0 Å². The molecule has 4 rings (SSSR count). The van der Waals surface area contributed by atoms with E-state index in [0.29, 0.717) is 11.3 Å². The molecule has 3 heteroatoms. The number of allylic oxidation sites excluding steroid dienone is 5. The van der Waals surface area contributed by atoms with Crippen molar-refractivity contribution >= 4 is 11.5 Å². The van der Waals surface area contributed by atoms with Gasteiger partial charge in [-0.15, -0.1) is 0 Å². The van der Waals surface area contributed by atoms with Crippen molar-refractivity contribution in [3.05, 3.63) is 59.2 Å². The summed E-state index contributed by atoms with van der Waals surface area (Å²) in [6.45, 7) is 11.1. The molecule has 0 radical (unpaired) electrons. The Hall–Kier alpha value is -2.29. The highest BCUT2D eigenvalue weighted by molar-refractivity contribution is 5.81. The highest BCUT2D eigenvalue weighted by Crippen LogP contribution is 2.73. The van der Waals surface area contributed by atoms with Crippen LogP contribution in [0.15, 0.2) is 48.1 Å². The second kappa shape index (κ2) is 6.10. The van der Waals surface area contributed by atoms with Crippen LogP contribution in [0.25, 0.3) is 5.57 Å². The molecule has 2 aliphatic carbocycles. The maximum Gasteiger partial charge on any atom is 0.328 e. The molecule has 2 bridgehead atoms. The smallest absolute Gasteiger partial charge is 0.328 e. The second-order valence-electron chi connectivity index (χ2n) is 9.48. The van der Waals surface area contributed by atoms with Crippen molar-refractivity contribution in [3.63, 3.8) is 0 Å². The number of carboxylic acids is 1. The summed E-state index contributed by atoms with van der Waals surface area (Å²) in [5, 5.41) is 8.81. The summed E-state index contributed by atoms with van der Waals surface area (Å²) in [6, 6.07) is 6.60. The SMILES string of the molecule is CC(C=CC=C(C)c1ccc2c(c1)C1(C)C3(C)CCC(C3)C1(C)O2)=CC(=O)O. The Bertz CT molecular complexity index is 937. The van der Waals surface area contributed by atoms with Gasteiger partial charge < -0.3 is 9.84 Å². The zero-order valence-electron chi connectivity index (χ0n) is 17.5. The third kappa shape index (κ3) is 2.45. The lowest BCUT2D eigenvalue weighted by atomic mass is 9.56. The largest absolute Gasteiger partial charge is 0.486 e. The van der Waals surface area contributed by atoms with Gasteiger partial charge in [0.15, 0.2) is 0 Å². The number of hydrogen-bond acceptors (Lipinski definition) is 2. The molecule has 3 aliphatic rings. The van der Waals surface area contributed by atoms with Crippen molar-refractivity contribution in [3.8, 4) is 5.75 Å². The van der Waals surface area contributed by atoms with Crippen molar-refractivity contribution in [1.29, 1.82) is 0 Å². The molecule has 0 saturated heterocycles. The molecule has 1 aromatic carbocycles. The summed E-state index contributed by atoms with van der Waals surface area (Å²) in [7, 11) is 0. The first kappa shape index (κ1) is 19.0. The van der Waals surface area contributed by atoms with Crippen LogP contribution in [0.1, 0.15) is 65.0 Å². The fourth-order valence-corrected chi connectivity index (χ4v) is 6.12. The van der Waals surface area contributed by atoms with E-state index in [4.69, 9.17) is 9.84 Å². The number of carboxylic acid groups (broad SMARTS) is 1. The van der Waals surface area contributed by atoms with Crippen LogP contribution in [0.5, 0.6) is 5.75 Å². The highest BCUT2D eigenvalue weighted by atomic mass is 16.5. The van der Waals surface area contributed by atoms with Crippen molar-refractivity contribution in [2.24, 2.45) is 11.3 Å². The predicted octanol–water partition coefficient (Wildman–Crippen LogP) is 5.91. The summed E-state index contributed by atoms with van der Waals surface area (Å²) in [5.74, 6) is 0.772. The Kier molecular flexibility index (Phi) is 4.15. The van der Waals surface area contributed by atoms with E-state index in [0.717, 1.165) is 16.9 Å². The van der Waals surface area contributed by atoms with Gasteiger partial charge in [-0.1, -0.05) is 38.1 Å². The van der Waals surface area contributed by atoms with Gasteiger partial charge in [0.25, 0.3) is 0 Å². The minimum absolute atomic E-state index is 0.0468. The molecule has 1 heterocycles. The molecule has 28 heavy (non-hydrogen) atoms. The van der Waals surface area contributed by atoms with Gasteiger partial charge >= 0.3 is 5.97 Å². The van der Waals surface area contributed by atoms with Crippen LogP contribution in [0.3, 0.4) is 0 Å². The zero-order chi connectivity index (χ0) is 20.3. The molecular formula is C25H30O3. The number of benzene rings is 1. The van der Waals surface area contributed by atoms with E-state index in [-0.39, 0.29) is 11.0 Å². The molecule has 0 spiro atoms. The average Bonchev–Trinajstić information content (AvgIpc) is 3.18. The molecular weight excluding hydrogens is 348 g/mol. The van der Waals surface area contributed by atoms with Crippen LogP contribution in [-0.2, 0) is 10.2 Å². The van der Waals surface area contributed by atoms with E-state index in [9.17, 15) is 4.79 Å². The van der Waals surface area contributed by atoms with Gasteiger partial charge in [-0.3, -0.25) is 0 Å². The monoisotopic (exact) mass is 378 g/mol. The average molecular weight is 379 g/mol. The van der Waals surface area contributed by atoms with E-state index in [2.05, 4.69) is 45.9 Å². The van der Waals surface area contributed by atoms with Crippen LogP contribution < -0.4 is 4.74 Å². The summed E-state index contributed by atoms with van der Waals surface area (Å²) in [6.07, 6.45) is 10.8. The van der Waals surface area contributed by atoms with E-state index in [1.54, 1.807) is 6.92 Å². The molecule has 1 N–H and O–H groups in total. The number of ether oxygens (including phenoxy) is 1. The molecule has 1 aliphatic heterocycles. The van der Waals surface area contributed by atoms with Crippen molar-refractivity contribution < 1.29 is 14.6 Å². The molecule has 2 saturated carbocycles. The fourth-order valence-electron chi connectivity index (χ4n) is 6.12. The summed E-state index contributed by atoms with van der Waals surface area (Å²) in [5.41, 5.74) is 4.68. The highest BCUT2D eigenvalue weighted by Gasteiger charge is 2.73. The van der Waals surface area contributed by atoms with Gasteiger partial charge in [-0.25, -0.2) is 4.79 Å². The molecule has 0 amide bonds. The standard InChI is InChI=1S/C25H30O3/c1-16(13-22(26)27)7-6-8-17(2)18-9-10-21-20(14-18)24(4)23(3)12-11-19(15-23)25(24,5)28-21/h6-10,13-14,19H,11-12,15H2,1-5H3,(H,26,27). The Balaban J connectivity index is 1.67. The summed E-state index contributed by atoms with van der Waals surface area (Å²) < 4.78 is 6.61. The molecule has 2 fully saturated rings. The predicted molar refractivity (Wildman–Crippen MR) is 112 cm³/mol.